The van der Waals surface area contributed by atoms with E-state index in [9.17, 15) is 4.79 Å². The monoisotopic (exact) mass is 536 g/mol. The number of piperidine rings is 2. The molecule has 3 aliphatic heterocycles. The first-order valence-corrected chi connectivity index (χ1v) is 15.6. The fourth-order valence-corrected chi connectivity index (χ4v) is 7.75. The Morgan fingerprint density at radius 3 is 2.13 bits per heavy atom. The molecule has 6 rings (SSSR count). The number of nitrogens with one attached hydrogen (secondary N) is 2. The van der Waals surface area contributed by atoms with Gasteiger partial charge in [-0.3, -0.25) is 9.69 Å². The Kier molecular flexibility index (Phi) is 8.66. The van der Waals surface area contributed by atoms with Crippen molar-refractivity contribution in [1.29, 1.82) is 0 Å². The van der Waals surface area contributed by atoms with Gasteiger partial charge in [0, 0.05) is 62.9 Å². The Labute approximate surface area is 233 Å². The first-order chi connectivity index (χ1) is 19.2. The van der Waals surface area contributed by atoms with Crippen molar-refractivity contribution in [3.63, 3.8) is 0 Å². The summed E-state index contributed by atoms with van der Waals surface area (Å²) in [6, 6.07) is 1.33. The molecule has 1 amide bonds. The van der Waals surface area contributed by atoms with Crippen LogP contribution in [0.15, 0.2) is 24.8 Å². The summed E-state index contributed by atoms with van der Waals surface area (Å²) in [5.74, 6) is 2.37. The Hall–Kier alpha value is -2.23. The molecule has 39 heavy (non-hydrogen) atoms. The van der Waals surface area contributed by atoms with E-state index in [2.05, 4.69) is 39.5 Å². The van der Waals surface area contributed by atoms with Gasteiger partial charge < -0.3 is 24.7 Å². The van der Waals surface area contributed by atoms with Crippen molar-refractivity contribution >= 4 is 5.91 Å². The van der Waals surface area contributed by atoms with E-state index in [0.717, 1.165) is 76.3 Å². The number of aromatic nitrogens is 4. The third-order valence-electron chi connectivity index (χ3n) is 10.3. The van der Waals surface area contributed by atoms with Crippen molar-refractivity contribution < 1.29 is 4.79 Å². The summed E-state index contributed by atoms with van der Waals surface area (Å²) in [4.78, 5) is 38.6. The van der Waals surface area contributed by atoms with Crippen LogP contribution >= 0.6 is 0 Å². The molecule has 0 unspecified atom stereocenters. The lowest BCUT2D eigenvalue weighted by Gasteiger charge is -2.43. The standard InChI is InChI=1S/C30H48N8O/c39-29(37-21-11-30(24-37)9-19-36(20-10-30)25-4-2-1-3-5-25)8-18-35-16-6-26(7-17-35)38(22-27-31-12-13-32-27)23-28-33-14-15-34-28/h12-15,25-26H,1-11,16-24H2,(H,31,32)(H,33,34). The normalized spacial score (nSPS) is 23.8. The molecule has 4 fully saturated rings. The van der Waals surface area contributed by atoms with Gasteiger partial charge in [-0.2, -0.15) is 0 Å². The van der Waals surface area contributed by atoms with Crippen LogP contribution in [0.25, 0.3) is 0 Å². The number of carbonyl (C=O) groups is 1. The molecule has 2 aromatic rings. The van der Waals surface area contributed by atoms with E-state index in [1.807, 2.05) is 24.8 Å². The molecule has 1 spiro atoms. The molecule has 9 heteroatoms. The summed E-state index contributed by atoms with van der Waals surface area (Å²) in [5, 5.41) is 0. The lowest BCUT2D eigenvalue weighted by Crippen LogP contribution is -2.47. The van der Waals surface area contributed by atoms with Crippen LogP contribution in [0.4, 0.5) is 0 Å². The van der Waals surface area contributed by atoms with Gasteiger partial charge in [0.25, 0.3) is 0 Å². The molecule has 2 N–H and O–H groups in total. The fourth-order valence-electron chi connectivity index (χ4n) is 7.75. The van der Waals surface area contributed by atoms with Crippen LogP contribution in [0, 0.1) is 5.41 Å². The maximum absolute atomic E-state index is 13.2. The number of aromatic amines is 2. The summed E-state index contributed by atoms with van der Waals surface area (Å²) < 4.78 is 0. The molecule has 0 radical (unpaired) electrons. The molecule has 5 heterocycles. The van der Waals surface area contributed by atoms with Crippen molar-refractivity contribution in [1.82, 2.24) is 39.5 Å². The summed E-state index contributed by atoms with van der Waals surface area (Å²) >= 11 is 0. The van der Waals surface area contributed by atoms with E-state index in [0.29, 0.717) is 23.8 Å². The second kappa shape index (κ2) is 12.5. The molecule has 2 aromatic heterocycles. The van der Waals surface area contributed by atoms with E-state index in [-0.39, 0.29) is 0 Å². The number of hydrogen-bond acceptors (Lipinski definition) is 6. The highest BCUT2D eigenvalue weighted by atomic mass is 16.2. The average molecular weight is 537 g/mol. The Balaban J connectivity index is 0.931. The highest BCUT2D eigenvalue weighted by Crippen LogP contribution is 2.41. The number of imidazole rings is 2. The van der Waals surface area contributed by atoms with Crippen LogP contribution < -0.4 is 0 Å². The number of rotatable bonds is 9. The van der Waals surface area contributed by atoms with Crippen LogP contribution in [0.3, 0.4) is 0 Å². The van der Waals surface area contributed by atoms with Crippen LogP contribution in [0.5, 0.6) is 0 Å². The number of hydrogen-bond donors (Lipinski definition) is 2. The molecule has 1 aliphatic carbocycles. The zero-order valence-electron chi connectivity index (χ0n) is 23.7. The predicted octanol–water partition coefficient (Wildman–Crippen LogP) is 3.64. The number of amides is 1. The lowest BCUT2D eigenvalue weighted by molar-refractivity contribution is -0.131. The number of H-pyrrole nitrogens is 2. The number of nitrogens with zero attached hydrogens (tertiary/aromatic N) is 6. The van der Waals surface area contributed by atoms with Gasteiger partial charge in [-0.15, -0.1) is 0 Å². The summed E-state index contributed by atoms with van der Waals surface area (Å²) in [6.07, 6.45) is 21.2. The Morgan fingerprint density at radius 1 is 0.872 bits per heavy atom. The lowest BCUT2D eigenvalue weighted by atomic mass is 9.77. The van der Waals surface area contributed by atoms with Gasteiger partial charge in [0.1, 0.15) is 11.6 Å². The third kappa shape index (κ3) is 6.74. The number of carbonyl (C=O) groups excluding carboxylic acids is 1. The first-order valence-electron chi connectivity index (χ1n) is 15.6. The van der Waals surface area contributed by atoms with Crippen molar-refractivity contribution in [2.24, 2.45) is 5.41 Å². The smallest absolute Gasteiger partial charge is 0.223 e. The zero-order valence-corrected chi connectivity index (χ0v) is 23.7. The average Bonchev–Trinajstić information content (AvgIpc) is 3.77. The van der Waals surface area contributed by atoms with Crippen LogP contribution in [-0.2, 0) is 17.9 Å². The highest BCUT2D eigenvalue weighted by Gasteiger charge is 2.43. The minimum absolute atomic E-state index is 0.376. The van der Waals surface area contributed by atoms with Gasteiger partial charge in [0.2, 0.25) is 5.91 Å². The minimum Gasteiger partial charge on any atom is -0.348 e. The van der Waals surface area contributed by atoms with E-state index in [1.54, 1.807) is 0 Å². The van der Waals surface area contributed by atoms with Crippen molar-refractivity contribution in [2.75, 3.05) is 45.8 Å². The maximum atomic E-state index is 13.2. The predicted molar refractivity (Wildman–Crippen MR) is 152 cm³/mol. The van der Waals surface area contributed by atoms with Gasteiger partial charge in [-0.1, -0.05) is 19.3 Å². The second-order valence-corrected chi connectivity index (χ2v) is 12.7. The molecule has 4 aliphatic rings. The largest absolute Gasteiger partial charge is 0.348 e. The SMILES string of the molecule is O=C(CCN1CCC(N(Cc2ncc[nH]2)Cc2ncc[nH]2)CC1)N1CCC2(CCN(C3CCCCC3)CC2)C1. The van der Waals surface area contributed by atoms with Crippen LogP contribution in [0.1, 0.15) is 82.3 Å². The molecule has 214 valence electrons. The summed E-state index contributed by atoms with van der Waals surface area (Å²) in [7, 11) is 0. The van der Waals surface area contributed by atoms with Gasteiger partial charge in [-0.05, 0) is 76.5 Å². The van der Waals surface area contributed by atoms with E-state index < -0.39 is 0 Å². The molecular weight excluding hydrogens is 488 g/mol. The molecule has 1 saturated carbocycles. The first kappa shape index (κ1) is 27.0. The van der Waals surface area contributed by atoms with Gasteiger partial charge in [0.05, 0.1) is 13.1 Å². The van der Waals surface area contributed by atoms with E-state index >= 15 is 0 Å². The van der Waals surface area contributed by atoms with Gasteiger partial charge in [-0.25, -0.2) is 9.97 Å². The highest BCUT2D eigenvalue weighted by molar-refractivity contribution is 5.76. The second-order valence-electron chi connectivity index (χ2n) is 12.7. The number of likely N-dealkylation sites (tertiary alicyclic amines) is 3. The molecule has 0 bridgehead atoms. The van der Waals surface area contributed by atoms with Gasteiger partial charge in [0.15, 0.2) is 0 Å². The maximum Gasteiger partial charge on any atom is 0.223 e. The quantitative estimate of drug-likeness (QED) is 0.509. The van der Waals surface area contributed by atoms with Gasteiger partial charge >= 0.3 is 0 Å². The zero-order chi connectivity index (χ0) is 26.5. The Morgan fingerprint density at radius 2 is 1.51 bits per heavy atom. The van der Waals surface area contributed by atoms with Crippen LogP contribution in [-0.4, -0.2) is 103 Å². The summed E-state index contributed by atoms with van der Waals surface area (Å²) in [6.45, 7) is 9.05. The fraction of sp³-hybridized carbons (Fsp3) is 0.767. The topological polar surface area (TPSA) is 87.4 Å². The Bertz CT molecular complexity index is 966. The van der Waals surface area contributed by atoms with Crippen molar-refractivity contribution in [2.45, 2.75) is 95.8 Å². The molecule has 0 atom stereocenters. The van der Waals surface area contributed by atoms with Crippen molar-refractivity contribution in [3.05, 3.63) is 36.4 Å². The molecular formula is C30H48N8O. The van der Waals surface area contributed by atoms with Crippen molar-refractivity contribution in [3.8, 4) is 0 Å². The van der Waals surface area contributed by atoms with Crippen LogP contribution in [0.2, 0.25) is 0 Å². The van der Waals surface area contributed by atoms with E-state index in [4.69, 9.17) is 0 Å². The third-order valence-corrected chi connectivity index (χ3v) is 10.3. The molecule has 0 aromatic carbocycles. The van der Waals surface area contributed by atoms with E-state index in [1.165, 1.54) is 64.5 Å². The minimum atomic E-state index is 0.376. The molecule has 3 saturated heterocycles. The summed E-state index contributed by atoms with van der Waals surface area (Å²) in [5.41, 5.74) is 0.393. The molecule has 9 nitrogen and oxygen atoms in total.